The minimum Gasteiger partial charge on any atom is -0.475 e. The molecule has 0 aliphatic carbocycles. The van der Waals surface area contributed by atoms with Gasteiger partial charge >= 0.3 is 12.1 Å². The van der Waals surface area contributed by atoms with Crippen molar-refractivity contribution in [3.05, 3.63) is 12.3 Å². The number of hydrogen-bond donors (Lipinski definition) is 2. The first-order chi connectivity index (χ1) is 6.86. The van der Waals surface area contributed by atoms with Crippen molar-refractivity contribution >= 4 is 5.97 Å². The largest absolute Gasteiger partial charge is 0.490 e. The van der Waals surface area contributed by atoms with Crippen molar-refractivity contribution in [1.29, 1.82) is 0 Å². The van der Waals surface area contributed by atoms with Gasteiger partial charge in [-0.1, -0.05) is 25.8 Å². The number of unbranched alkanes of at least 4 members (excludes halogenated alkanes) is 3. The summed E-state index contributed by atoms with van der Waals surface area (Å²) >= 11 is 0. The van der Waals surface area contributed by atoms with E-state index in [1.165, 1.54) is 19.3 Å². The predicted molar refractivity (Wildman–Crippen MR) is 51.2 cm³/mol. The van der Waals surface area contributed by atoms with Gasteiger partial charge in [-0.15, -0.1) is 0 Å². The number of aliphatic carboxylic acids is 1. The molecule has 15 heavy (non-hydrogen) atoms. The molecule has 0 atom stereocenters. The van der Waals surface area contributed by atoms with Gasteiger partial charge in [0.2, 0.25) is 0 Å². The first-order valence-electron chi connectivity index (χ1n) is 4.53. The minimum absolute atomic E-state index is 1.14. The molecule has 0 bridgehead atoms. The van der Waals surface area contributed by atoms with Crippen LogP contribution in [-0.2, 0) is 4.79 Å². The molecule has 0 saturated heterocycles. The third-order valence-electron chi connectivity index (χ3n) is 1.35. The number of hydrogen-bond acceptors (Lipinski definition) is 2. The Bertz CT molecular complexity index is 190. The van der Waals surface area contributed by atoms with Crippen LogP contribution in [0, 0.1) is 0 Å². The third-order valence-corrected chi connectivity index (χ3v) is 1.35. The second kappa shape index (κ2) is 9.36. The summed E-state index contributed by atoms with van der Waals surface area (Å²) in [5.41, 5.74) is 5.13. The molecule has 0 aromatic rings. The van der Waals surface area contributed by atoms with Gasteiger partial charge in [-0.05, 0) is 19.0 Å². The SMILES string of the molecule is CCCCCC=CN.O=C(O)C(F)(F)F. The van der Waals surface area contributed by atoms with Crippen molar-refractivity contribution in [3.63, 3.8) is 0 Å². The molecule has 6 heteroatoms. The second-order valence-electron chi connectivity index (χ2n) is 2.73. The molecule has 3 N–H and O–H groups in total. The zero-order valence-electron chi connectivity index (χ0n) is 8.55. The molecule has 0 fully saturated rings. The van der Waals surface area contributed by atoms with E-state index in [1.807, 2.05) is 6.08 Å². The van der Waals surface area contributed by atoms with Gasteiger partial charge in [0.1, 0.15) is 0 Å². The van der Waals surface area contributed by atoms with Gasteiger partial charge in [0.25, 0.3) is 0 Å². The number of allylic oxidation sites excluding steroid dienone is 1. The summed E-state index contributed by atoms with van der Waals surface area (Å²) in [6.45, 7) is 2.20. The molecule has 90 valence electrons. The van der Waals surface area contributed by atoms with E-state index < -0.39 is 12.1 Å². The van der Waals surface area contributed by atoms with Crippen molar-refractivity contribution in [3.8, 4) is 0 Å². The lowest BCUT2D eigenvalue weighted by atomic mass is 10.2. The Morgan fingerprint density at radius 2 is 1.87 bits per heavy atom. The molecular formula is C9H16F3NO2. The molecule has 0 spiro atoms. The monoisotopic (exact) mass is 227 g/mol. The highest BCUT2D eigenvalue weighted by molar-refractivity contribution is 5.73. The zero-order valence-corrected chi connectivity index (χ0v) is 8.55. The van der Waals surface area contributed by atoms with Gasteiger partial charge in [-0.25, -0.2) is 4.79 Å². The van der Waals surface area contributed by atoms with E-state index in [0.29, 0.717) is 0 Å². The Morgan fingerprint density at radius 1 is 1.40 bits per heavy atom. The lowest BCUT2D eigenvalue weighted by Gasteiger charge is -1.93. The fraction of sp³-hybridized carbons (Fsp3) is 0.667. The average Bonchev–Trinajstić information content (AvgIpc) is 2.12. The molecule has 0 aliphatic rings. The molecule has 0 rings (SSSR count). The maximum absolute atomic E-state index is 10.6. The van der Waals surface area contributed by atoms with E-state index >= 15 is 0 Å². The fourth-order valence-corrected chi connectivity index (χ4v) is 0.608. The van der Waals surface area contributed by atoms with Crippen LogP contribution < -0.4 is 5.73 Å². The molecular weight excluding hydrogens is 211 g/mol. The van der Waals surface area contributed by atoms with Gasteiger partial charge in [0.15, 0.2) is 0 Å². The van der Waals surface area contributed by atoms with E-state index in [1.54, 1.807) is 6.20 Å². The quantitative estimate of drug-likeness (QED) is 0.726. The predicted octanol–water partition coefficient (Wildman–Crippen LogP) is 2.67. The summed E-state index contributed by atoms with van der Waals surface area (Å²) in [4.78, 5) is 8.90. The summed E-state index contributed by atoms with van der Waals surface area (Å²) in [5.74, 6) is -2.76. The number of carboxylic acid groups (broad SMARTS) is 1. The molecule has 0 saturated carbocycles. The summed E-state index contributed by atoms with van der Waals surface area (Å²) < 4.78 is 31.7. The number of rotatable bonds is 4. The maximum atomic E-state index is 10.6. The first-order valence-corrected chi connectivity index (χ1v) is 4.53. The van der Waals surface area contributed by atoms with Crippen LogP contribution in [0.1, 0.15) is 32.6 Å². The molecule has 3 nitrogen and oxygen atoms in total. The van der Waals surface area contributed by atoms with Gasteiger partial charge in [-0.2, -0.15) is 13.2 Å². The third kappa shape index (κ3) is 15.5. The number of carboxylic acids is 1. The fourth-order valence-electron chi connectivity index (χ4n) is 0.608. The van der Waals surface area contributed by atoms with E-state index in [2.05, 4.69) is 6.92 Å². The number of carbonyl (C=O) groups is 1. The van der Waals surface area contributed by atoms with Crippen LogP contribution in [0.4, 0.5) is 13.2 Å². The highest BCUT2D eigenvalue weighted by Gasteiger charge is 2.38. The van der Waals surface area contributed by atoms with E-state index in [0.717, 1.165) is 6.42 Å². The van der Waals surface area contributed by atoms with E-state index in [-0.39, 0.29) is 0 Å². The number of halogens is 3. The van der Waals surface area contributed by atoms with Crippen LogP contribution in [0.5, 0.6) is 0 Å². The first kappa shape index (κ1) is 16.2. The van der Waals surface area contributed by atoms with Gasteiger partial charge in [0, 0.05) is 0 Å². The summed E-state index contributed by atoms with van der Waals surface area (Å²) in [7, 11) is 0. The Hall–Kier alpha value is -1.20. The summed E-state index contributed by atoms with van der Waals surface area (Å²) in [6, 6.07) is 0. The van der Waals surface area contributed by atoms with Crippen LogP contribution in [0.25, 0.3) is 0 Å². The van der Waals surface area contributed by atoms with E-state index in [9.17, 15) is 13.2 Å². The van der Waals surface area contributed by atoms with Crippen LogP contribution in [0.3, 0.4) is 0 Å². The topological polar surface area (TPSA) is 63.3 Å². The van der Waals surface area contributed by atoms with Crippen molar-refractivity contribution in [1.82, 2.24) is 0 Å². The summed E-state index contributed by atoms with van der Waals surface area (Å²) in [6.07, 6.45) is 3.59. The Labute approximate surface area is 86.8 Å². The number of alkyl halides is 3. The molecule has 0 aliphatic heterocycles. The van der Waals surface area contributed by atoms with E-state index in [4.69, 9.17) is 15.6 Å². The Balaban J connectivity index is 0. The minimum atomic E-state index is -5.08. The zero-order chi connectivity index (χ0) is 12.3. The van der Waals surface area contributed by atoms with Crippen LogP contribution in [0.2, 0.25) is 0 Å². The van der Waals surface area contributed by atoms with Crippen molar-refractivity contribution in [2.45, 2.75) is 38.8 Å². The molecule has 0 heterocycles. The maximum Gasteiger partial charge on any atom is 0.490 e. The van der Waals surface area contributed by atoms with Crippen molar-refractivity contribution in [2.24, 2.45) is 5.73 Å². The lowest BCUT2D eigenvalue weighted by molar-refractivity contribution is -0.192. The average molecular weight is 227 g/mol. The van der Waals surface area contributed by atoms with Crippen LogP contribution in [-0.4, -0.2) is 17.3 Å². The molecule has 0 radical (unpaired) electrons. The molecule has 0 aromatic heterocycles. The standard InChI is InChI=1S/C7H15N.C2HF3O2/c1-2-3-4-5-6-7-8;3-2(4,5)1(6)7/h6-7H,2-5,8H2,1H3;(H,6,7). The van der Waals surface area contributed by atoms with Crippen molar-refractivity contribution < 1.29 is 23.1 Å². The molecule has 0 unspecified atom stereocenters. The molecule has 0 aromatic carbocycles. The lowest BCUT2D eigenvalue weighted by Crippen LogP contribution is -2.21. The Kier molecular flexibility index (Phi) is 10.1. The Morgan fingerprint density at radius 3 is 2.13 bits per heavy atom. The highest BCUT2D eigenvalue weighted by atomic mass is 19.4. The van der Waals surface area contributed by atoms with Crippen LogP contribution >= 0.6 is 0 Å². The van der Waals surface area contributed by atoms with Crippen LogP contribution in [0.15, 0.2) is 12.3 Å². The molecule has 0 amide bonds. The van der Waals surface area contributed by atoms with Gasteiger partial charge in [-0.3, -0.25) is 0 Å². The highest BCUT2D eigenvalue weighted by Crippen LogP contribution is 2.13. The van der Waals surface area contributed by atoms with Gasteiger partial charge in [0.05, 0.1) is 0 Å². The van der Waals surface area contributed by atoms with Crippen molar-refractivity contribution in [2.75, 3.05) is 0 Å². The summed E-state index contributed by atoms with van der Waals surface area (Å²) in [5, 5.41) is 7.12. The normalized spacial score (nSPS) is 10.9. The van der Waals surface area contributed by atoms with Gasteiger partial charge < -0.3 is 10.8 Å². The number of nitrogens with two attached hydrogens (primary N) is 1. The smallest absolute Gasteiger partial charge is 0.475 e. The second-order valence-corrected chi connectivity index (χ2v) is 2.73.